The number of halogens is 3. The van der Waals surface area contributed by atoms with Crippen LogP contribution >= 0.6 is 0 Å². The molecule has 1 aliphatic heterocycles. The number of hydrogen-bond donors (Lipinski definition) is 1. The van der Waals surface area contributed by atoms with Gasteiger partial charge in [0.2, 0.25) is 0 Å². The molecule has 140 valence electrons. The molecule has 4 nitrogen and oxygen atoms in total. The van der Waals surface area contributed by atoms with Crippen molar-refractivity contribution in [3.05, 3.63) is 35.4 Å². The van der Waals surface area contributed by atoms with Gasteiger partial charge in [-0.1, -0.05) is 24.3 Å². The van der Waals surface area contributed by atoms with Gasteiger partial charge in [-0.15, -0.1) is 0 Å². The first kappa shape index (κ1) is 19.6. The van der Waals surface area contributed by atoms with Gasteiger partial charge in [0.05, 0.1) is 6.54 Å². The highest BCUT2D eigenvalue weighted by Gasteiger charge is 2.34. The largest absolute Gasteiger partial charge is 0.401 e. The predicted molar refractivity (Wildman–Crippen MR) is 94.6 cm³/mol. The lowest BCUT2D eigenvalue weighted by atomic mass is 10.1. The van der Waals surface area contributed by atoms with Gasteiger partial charge in [0, 0.05) is 33.7 Å². The topological polar surface area (TPSA) is 30.9 Å². The Bertz CT molecular complexity index is 586. The molecule has 0 amide bonds. The van der Waals surface area contributed by atoms with Crippen molar-refractivity contribution in [1.82, 2.24) is 15.1 Å². The van der Waals surface area contributed by atoms with E-state index >= 15 is 0 Å². The molecule has 0 spiro atoms. The Hall–Kier alpha value is -1.76. The van der Waals surface area contributed by atoms with Crippen LogP contribution in [0.2, 0.25) is 0 Å². The van der Waals surface area contributed by atoms with Crippen molar-refractivity contribution >= 4 is 5.96 Å². The van der Waals surface area contributed by atoms with Gasteiger partial charge >= 0.3 is 6.18 Å². The number of guanidine groups is 1. The Morgan fingerprint density at radius 2 is 2.08 bits per heavy atom. The first-order chi connectivity index (χ1) is 11.8. The first-order valence-electron chi connectivity index (χ1n) is 8.54. The highest BCUT2D eigenvalue weighted by molar-refractivity contribution is 5.79. The lowest BCUT2D eigenvalue weighted by Gasteiger charge is -2.24. The molecule has 0 radical (unpaired) electrons. The summed E-state index contributed by atoms with van der Waals surface area (Å²) < 4.78 is 37.4. The molecule has 25 heavy (non-hydrogen) atoms. The number of likely N-dealkylation sites (tertiary alicyclic amines) is 1. The summed E-state index contributed by atoms with van der Waals surface area (Å²) in [4.78, 5) is 7.80. The van der Waals surface area contributed by atoms with Crippen molar-refractivity contribution in [3.8, 4) is 0 Å². The van der Waals surface area contributed by atoms with E-state index in [0.29, 0.717) is 19.6 Å². The molecule has 1 N–H and O–H groups in total. The van der Waals surface area contributed by atoms with Crippen LogP contribution in [0.3, 0.4) is 0 Å². The van der Waals surface area contributed by atoms with Crippen molar-refractivity contribution in [2.75, 3.05) is 40.3 Å². The monoisotopic (exact) mass is 356 g/mol. The third kappa shape index (κ3) is 6.23. The Morgan fingerprint density at radius 3 is 2.72 bits per heavy atom. The number of aliphatic imine (C=N–C) groups is 1. The molecule has 1 atom stereocenters. The second kappa shape index (κ2) is 8.56. The van der Waals surface area contributed by atoms with Gasteiger partial charge < -0.3 is 10.2 Å². The minimum absolute atomic E-state index is 0.214. The maximum absolute atomic E-state index is 12.5. The van der Waals surface area contributed by atoms with Gasteiger partial charge in [-0.25, -0.2) is 0 Å². The van der Waals surface area contributed by atoms with Crippen LogP contribution in [-0.2, 0) is 6.54 Å². The van der Waals surface area contributed by atoms with Crippen LogP contribution in [0.25, 0.3) is 0 Å². The molecule has 1 aliphatic rings. The number of nitrogens with zero attached hydrogens (tertiary/aromatic N) is 3. The van der Waals surface area contributed by atoms with E-state index in [4.69, 9.17) is 0 Å². The Labute approximate surface area is 147 Å². The third-order valence-corrected chi connectivity index (χ3v) is 4.56. The maximum atomic E-state index is 12.5. The number of aryl methyl sites for hydroxylation is 1. The fraction of sp³-hybridized carbons (Fsp3) is 0.611. The van der Waals surface area contributed by atoms with Crippen molar-refractivity contribution in [2.45, 2.75) is 26.1 Å². The Kier molecular flexibility index (Phi) is 6.70. The van der Waals surface area contributed by atoms with Crippen molar-refractivity contribution < 1.29 is 13.2 Å². The third-order valence-electron chi connectivity index (χ3n) is 4.56. The van der Waals surface area contributed by atoms with Crippen molar-refractivity contribution in [2.24, 2.45) is 10.9 Å². The highest BCUT2D eigenvalue weighted by Crippen LogP contribution is 2.22. The highest BCUT2D eigenvalue weighted by atomic mass is 19.4. The van der Waals surface area contributed by atoms with Gasteiger partial charge in [0.1, 0.15) is 0 Å². The van der Waals surface area contributed by atoms with Crippen LogP contribution in [0.4, 0.5) is 13.2 Å². The molecule has 7 heteroatoms. The summed E-state index contributed by atoms with van der Waals surface area (Å²) in [7, 11) is 3.69. The molecular formula is C18H27F3N4. The molecule has 0 aliphatic carbocycles. The smallest absolute Gasteiger partial charge is 0.356 e. The molecule has 1 saturated heterocycles. The number of hydrogen-bond acceptors (Lipinski definition) is 2. The molecule has 1 heterocycles. The lowest BCUT2D eigenvalue weighted by molar-refractivity contribution is -0.143. The average Bonchev–Trinajstić information content (AvgIpc) is 2.95. The van der Waals surface area contributed by atoms with E-state index in [0.717, 1.165) is 18.9 Å². The standard InChI is InChI=1S/C18H27F3N4/c1-14-6-4-5-7-16(14)12-24(3)17(22-2)23-10-15-8-9-25(11-15)13-18(19,20)21/h4-7,15H,8-13H2,1-3H3,(H,22,23). The van der Waals surface area contributed by atoms with Crippen LogP contribution in [0.1, 0.15) is 17.5 Å². The van der Waals surface area contributed by atoms with Gasteiger partial charge in [-0.2, -0.15) is 13.2 Å². The van der Waals surface area contributed by atoms with Crippen LogP contribution in [-0.4, -0.2) is 62.2 Å². The van der Waals surface area contributed by atoms with Gasteiger partial charge in [0.15, 0.2) is 5.96 Å². The molecule has 1 aromatic carbocycles. The molecule has 1 fully saturated rings. The van der Waals surface area contributed by atoms with Crippen LogP contribution < -0.4 is 5.32 Å². The molecule has 0 bridgehead atoms. The Balaban J connectivity index is 1.81. The van der Waals surface area contributed by atoms with E-state index in [1.807, 2.05) is 24.1 Å². The van der Waals surface area contributed by atoms with E-state index in [9.17, 15) is 13.2 Å². The van der Waals surface area contributed by atoms with Gasteiger partial charge in [0.25, 0.3) is 0 Å². The molecule has 2 rings (SSSR count). The number of nitrogens with one attached hydrogen (secondary N) is 1. The zero-order valence-electron chi connectivity index (χ0n) is 15.1. The van der Waals surface area contributed by atoms with E-state index < -0.39 is 12.7 Å². The number of benzene rings is 1. The average molecular weight is 356 g/mol. The van der Waals surface area contributed by atoms with E-state index in [2.05, 4.69) is 29.4 Å². The van der Waals surface area contributed by atoms with E-state index in [-0.39, 0.29) is 5.92 Å². The lowest BCUT2D eigenvalue weighted by Crippen LogP contribution is -2.41. The summed E-state index contributed by atoms with van der Waals surface area (Å²) in [6.07, 6.45) is -3.34. The molecular weight excluding hydrogens is 329 g/mol. The maximum Gasteiger partial charge on any atom is 0.401 e. The second-order valence-corrected chi connectivity index (χ2v) is 6.72. The quantitative estimate of drug-likeness (QED) is 0.650. The normalized spacial score (nSPS) is 19.3. The zero-order chi connectivity index (χ0) is 18.4. The summed E-state index contributed by atoms with van der Waals surface area (Å²) in [5.41, 5.74) is 2.45. The molecule has 0 saturated carbocycles. The second-order valence-electron chi connectivity index (χ2n) is 6.72. The summed E-state index contributed by atoms with van der Waals surface area (Å²) in [5, 5.41) is 3.30. The molecule has 1 aromatic rings. The first-order valence-corrected chi connectivity index (χ1v) is 8.54. The van der Waals surface area contributed by atoms with Gasteiger partial charge in [-0.05, 0) is 36.9 Å². The fourth-order valence-corrected chi connectivity index (χ4v) is 3.21. The van der Waals surface area contributed by atoms with E-state index in [1.54, 1.807) is 7.05 Å². The minimum atomic E-state index is -4.12. The minimum Gasteiger partial charge on any atom is -0.356 e. The predicted octanol–water partition coefficient (Wildman–Crippen LogP) is 2.89. The summed E-state index contributed by atoms with van der Waals surface area (Å²) in [6.45, 7) is 3.61. The van der Waals surface area contributed by atoms with Crippen LogP contribution in [0.5, 0.6) is 0 Å². The summed E-state index contributed by atoms with van der Waals surface area (Å²) in [5.74, 6) is 0.975. The zero-order valence-corrected chi connectivity index (χ0v) is 15.1. The summed E-state index contributed by atoms with van der Waals surface area (Å²) >= 11 is 0. The molecule has 1 unspecified atom stereocenters. The fourth-order valence-electron chi connectivity index (χ4n) is 3.21. The van der Waals surface area contributed by atoms with Crippen molar-refractivity contribution in [1.29, 1.82) is 0 Å². The van der Waals surface area contributed by atoms with Crippen LogP contribution in [0.15, 0.2) is 29.3 Å². The van der Waals surface area contributed by atoms with Crippen molar-refractivity contribution in [3.63, 3.8) is 0 Å². The van der Waals surface area contributed by atoms with E-state index in [1.165, 1.54) is 16.0 Å². The molecule has 0 aromatic heterocycles. The summed E-state index contributed by atoms with van der Waals surface area (Å²) in [6, 6.07) is 8.19. The SMILES string of the molecule is CN=C(NCC1CCN(CC(F)(F)F)C1)N(C)Cc1ccccc1C. The van der Waals surface area contributed by atoms with Gasteiger partial charge in [-0.3, -0.25) is 9.89 Å². The number of alkyl halides is 3. The Morgan fingerprint density at radius 1 is 1.36 bits per heavy atom. The van der Waals surface area contributed by atoms with Crippen LogP contribution in [0, 0.1) is 12.8 Å². The number of rotatable bonds is 5.